The highest BCUT2D eigenvalue weighted by Crippen LogP contribution is 2.48. The van der Waals surface area contributed by atoms with E-state index in [1.54, 1.807) is 6.07 Å². The first-order chi connectivity index (χ1) is 12.8. The average molecular weight is 484 g/mol. The predicted octanol–water partition coefficient (Wildman–Crippen LogP) is 5.66. The van der Waals surface area contributed by atoms with Crippen molar-refractivity contribution in [3.05, 3.63) is 46.6 Å². The number of esters is 1. The van der Waals surface area contributed by atoms with E-state index in [-0.39, 0.29) is 28.9 Å². The first-order valence-corrected chi connectivity index (χ1v) is 10.9. The predicted molar refractivity (Wildman–Crippen MR) is 117 cm³/mol. The van der Waals surface area contributed by atoms with E-state index in [0.717, 1.165) is 35.7 Å². The summed E-state index contributed by atoms with van der Waals surface area (Å²) < 4.78 is 5.95. The number of hydrogen-bond acceptors (Lipinski definition) is 4. The number of hydrogen-bond donors (Lipinski definition) is 2. The average Bonchev–Trinajstić information content (AvgIpc) is 2.61. The van der Waals surface area contributed by atoms with Gasteiger partial charge in [-0.2, -0.15) is 0 Å². The molecule has 0 unspecified atom stereocenters. The van der Waals surface area contributed by atoms with Crippen molar-refractivity contribution in [1.29, 1.82) is 0 Å². The van der Waals surface area contributed by atoms with Gasteiger partial charge in [-0.1, -0.05) is 46.4 Å². The van der Waals surface area contributed by atoms with E-state index >= 15 is 0 Å². The summed E-state index contributed by atoms with van der Waals surface area (Å²) in [6.07, 6.45) is 6.45. The summed E-state index contributed by atoms with van der Waals surface area (Å²) in [5.41, 5.74) is 3.43. The van der Waals surface area contributed by atoms with Gasteiger partial charge in [0.1, 0.15) is 17.1 Å². The number of halogens is 1. The highest BCUT2D eigenvalue weighted by molar-refractivity contribution is 14.1. The molecule has 5 heteroatoms. The molecule has 0 amide bonds. The Balaban J connectivity index is 2.61. The second-order valence-electron chi connectivity index (χ2n) is 7.36. The summed E-state index contributed by atoms with van der Waals surface area (Å²) in [7, 11) is 1.31. The molecule has 0 saturated carbocycles. The molecule has 4 nitrogen and oxygen atoms in total. The monoisotopic (exact) mass is 484 g/mol. The molecule has 1 aromatic rings. The number of aryl methyl sites for hydroxylation is 1. The van der Waals surface area contributed by atoms with Crippen LogP contribution in [0.2, 0.25) is 0 Å². The molecule has 148 valence electrons. The van der Waals surface area contributed by atoms with Gasteiger partial charge in [-0.05, 0) is 67.9 Å². The van der Waals surface area contributed by atoms with Crippen LogP contribution in [0.1, 0.15) is 66.9 Å². The number of phenolic OH excluding ortho intramolecular Hbond substituents is 2. The number of carbonyl (C=O) groups excluding carboxylic acids is 1. The van der Waals surface area contributed by atoms with E-state index in [1.165, 1.54) is 12.7 Å². The summed E-state index contributed by atoms with van der Waals surface area (Å²) in [4.78, 5) is 12.4. The van der Waals surface area contributed by atoms with Crippen LogP contribution in [0.15, 0.2) is 29.9 Å². The molecule has 0 bridgehead atoms. The van der Waals surface area contributed by atoms with E-state index in [4.69, 9.17) is 4.74 Å². The van der Waals surface area contributed by atoms with Crippen LogP contribution < -0.4 is 0 Å². The molecule has 27 heavy (non-hydrogen) atoms. The third-order valence-electron chi connectivity index (χ3n) is 5.33. The lowest BCUT2D eigenvalue weighted by molar-refractivity contribution is 0.0595. The number of carbonyl (C=O) groups is 1. The highest BCUT2D eigenvalue weighted by Gasteiger charge is 2.33. The van der Waals surface area contributed by atoms with Gasteiger partial charge in [0.15, 0.2) is 0 Å². The minimum Gasteiger partial charge on any atom is -0.507 e. The molecule has 0 fully saturated rings. The number of phenols is 2. The Bertz CT molecular complexity index is 751. The molecule has 0 heterocycles. The topological polar surface area (TPSA) is 66.8 Å². The van der Waals surface area contributed by atoms with Crippen LogP contribution in [-0.2, 0) is 11.2 Å². The molecule has 0 aliphatic heterocycles. The molecule has 0 radical (unpaired) electrons. The Morgan fingerprint density at radius 3 is 2.67 bits per heavy atom. The zero-order valence-corrected chi connectivity index (χ0v) is 18.5. The first kappa shape index (κ1) is 21.8. The maximum Gasteiger partial charge on any atom is 0.341 e. The van der Waals surface area contributed by atoms with Crippen LogP contribution in [0.5, 0.6) is 11.5 Å². The van der Waals surface area contributed by atoms with Crippen molar-refractivity contribution in [3.63, 3.8) is 0 Å². The molecule has 1 aliphatic rings. The standard InChI is InChI=1S/C22H29IO4/c1-13(2)16-9-8-14(3)11-17(16)20-18(24)12-15(7-5-6-10-23)19(21(20)25)22(26)27-4/h11-12,16-17,24-25H,1,5-10H2,2-4H3/t16-,17+/m0/s1. The van der Waals surface area contributed by atoms with E-state index in [0.29, 0.717) is 17.5 Å². The van der Waals surface area contributed by atoms with E-state index in [2.05, 4.69) is 42.2 Å². The molecule has 2 atom stereocenters. The number of methoxy groups -OCH3 is 1. The number of aromatic hydroxyl groups is 2. The fourth-order valence-electron chi connectivity index (χ4n) is 3.89. The van der Waals surface area contributed by atoms with Crippen LogP contribution in [-0.4, -0.2) is 27.7 Å². The molecule has 1 aromatic carbocycles. The highest BCUT2D eigenvalue weighted by atomic mass is 127. The number of benzene rings is 1. The molecule has 0 spiro atoms. The van der Waals surface area contributed by atoms with Gasteiger partial charge in [-0.15, -0.1) is 0 Å². The smallest absolute Gasteiger partial charge is 0.341 e. The van der Waals surface area contributed by atoms with Crippen LogP contribution in [0.4, 0.5) is 0 Å². The zero-order chi connectivity index (χ0) is 20.1. The number of rotatable bonds is 7. The maximum absolute atomic E-state index is 12.4. The van der Waals surface area contributed by atoms with Gasteiger partial charge in [-0.3, -0.25) is 0 Å². The normalized spacial score (nSPS) is 19.5. The van der Waals surface area contributed by atoms with Crippen molar-refractivity contribution in [3.8, 4) is 11.5 Å². The summed E-state index contributed by atoms with van der Waals surface area (Å²) >= 11 is 2.31. The minimum atomic E-state index is -0.568. The van der Waals surface area contributed by atoms with Crippen molar-refractivity contribution in [2.75, 3.05) is 11.5 Å². The Morgan fingerprint density at radius 2 is 2.07 bits per heavy atom. The molecule has 0 aromatic heterocycles. The molecule has 0 saturated heterocycles. The van der Waals surface area contributed by atoms with Gasteiger partial charge in [0, 0.05) is 11.5 Å². The van der Waals surface area contributed by atoms with Crippen molar-refractivity contribution < 1.29 is 19.7 Å². The first-order valence-electron chi connectivity index (χ1n) is 9.36. The van der Waals surface area contributed by atoms with Crippen LogP contribution >= 0.6 is 22.6 Å². The second kappa shape index (κ2) is 9.62. The fraction of sp³-hybridized carbons (Fsp3) is 0.500. The number of allylic oxidation sites excluding steroid dienone is 3. The van der Waals surface area contributed by atoms with Crippen molar-refractivity contribution in [2.45, 2.75) is 51.9 Å². The third kappa shape index (κ3) is 4.86. The zero-order valence-electron chi connectivity index (χ0n) is 16.3. The lowest BCUT2D eigenvalue weighted by atomic mass is 9.73. The van der Waals surface area contributed by atoms with Gasteiger partial charge >= 0.3 is 5.97 Å². The van der Waals surface area contributed by atoms with Gasteiger partial charge in [0.25, 0.3) is 0 Å². The van der Waals surface area contributed by atoms with E-state index < -0.39 is 5.97 Å². The summed E-state index contributed by atoms with van der Waals surface area (Å²) in [5.74, 6) is -0.786. The molecular weight excluding hydrogens is 455 g/mol. The largest absolute Gasteiger partial charge is 0.507 e. The number of alkyl halides is 1. The van der Waals surface area contributed by atoms with Crippen LogP contribution in [0.25, 0.3) is 0 Å². The van der Waals surface area contributed by atoms with Gasteiger partial charge in [0.2, 0.25) is 0 Å². The Morgan fingerprint density at radius 1 is 1.37 bits per heavy atom. The molecule has 2 N–H and O–H groups in total. The quantitative estimate of drug-likeness (QED) is 0.172. The van der Waals surface area contributed by atoms with Gasteiger partial charge in [-0.25, -0.2) is 4.79 Å². The van der Waals surface area contributed by atoms with Crippen LogP contribution in [0.3, 0.4) is 0 Å². The Labute approximate surface area is 175 Å². The summed E-state index contributed by atoms with van der Waals surface area (Å²) in [6, 6.07) is 1.63. The third-order valence-corrected chi connectivity index (χ3v) is 6.10. The Hall–Kier alpha value is -1.50. The maximum atomic E-state index is 12.4. The van der Waals surface area contributed by atoms with Crippen LogP contribution in [0, 0.1) is 5.92 Å². The van der Waals surface area contributed by atoms with Gasteiger partial charge in [0.05, 0.1) is 7.11 Å². The van der Waals surface area contributed by atoms with E-state index in [9.17, 15) is 15.0 Å². The molecule has 2 rings (SSSR count). The second-order valence-corrected chi connectivity index (χ2v) is 8.44. The Kier molecular flexibility index (Phi) is 7.77. The minimum absolute atomic E-state index is 0.0341. The lowest BCUT2D eigenvalue weighted by Gasteiger charge is -2.32. The van der Waals surface area contributed by atoms with Gasteiger partial charge < -0.3 is 14.9 Å². The van der Waals surface area contributed by atoms with Crippen molar-refractivity contribution >= 4 is 28.6 Å². The summed E-state index contributed by atoms with van der Waals surface area (Å²) in [6.45, 7) is 8.12. The van der Waals surface area contributed by atoms with E-state index in [1.807, 2.05) is 6.92 Å². The van der Waals surface area contributed by atoms with Crippen molar-refractivity contribution in [2.24, 2.45) is 5.92 Å². The van der Waals surface area contributed by atoms with Crippen molar-refractivity contribution in [1.82, 2.24) is 0 Å². The number of ether oxygens (including phenoxy) is 1. The fourth-order valence-corrected chi connectivity index (χ4v) is 4.43. The lowest BCUT2D eigenvalue weighted by Crippen LogP contribution is -2.18. The SMILES string of the molecule is C=C(C)[C@@H]1CCC(C)=C[C@H]1c1c(O)cc(CCCCI)c(C(=O)OC)c1O. The number of unbranched alkanes of at least 4 members (excludes halogenated alkanes) is 1. The summed E-state index contributed by atoms with van der Waals surface area (Å²) in [5, 5.41) is 21.8. The molecule has 1 aliphatic carbocycles. The molecular formula is C22H29IO4.